The molecular weight excluding hydrogens is 250 g/mol. The fraction of sp³-hybridized carbons (Fsp3) is 0.235. The number of aryl methyl sites for hydroxylation is 1. The van der Waals surface area contributed by atoms with Crippen LogP contribution in [0.15, 0.2) is 42.5 Å². The van der Waals surface area contributed by atoms with Gasteiger partial charge in [0.1, 0.15) is 11.5 Å². The maximum Gasteiger partial charge on any atom is 0.287 e. The van der Waals surface area contributed by atoms with Crippen LogP contribution in [-0.4, -0.2) is 24.6 Å². The molecule has 1 aliphatic rings. The third-order valence-corrected chi connectivity index (χ3v) is 3.44. The van der Waals surface area contributed by atoms with Crippen LogP contribution in [0.25, 0.3) is 0 Å². The van der Waals surface area contributed by atoms with Gasteiger partial charge in [0.25, 0.3) is 6.73 Å². The highest BCUT2D eigenvalue weighted by Gasteiger charge is 2.19. The fourth-order valence-corrected chi connectivity index (χ4v) is 2.47. The van der Waals surface area contributed by atoms with Gasteiger partial charge in [-0.2, -0.15) is 4.58 Å². The summed E-state index contributed by atoms with van der Waals surface area (Å²) in [4.78, 5) is 0. The average Bonchev–Trinajstić information content (AvgIpc) is 2.48. The fourth-order valence-electron chi connectivity index (χ4n) is 2.47. The molecule has 1 aliphatic heterocycles. The molecule has 0 N–H and O–H groups in total. The third kappa shape index (κ3) is 2.52. The highest BCUT2D eigenvalue weighted by Crippen LogP contribution is 2.29. The van der Waals surface area contributed by atoms with E-state index < -0.39 is 0 Å². The summed E-state index contributed by atoms with van der Waals surface area (Å²) in [6.07, 6.45) is 2.14. The second-order valence-corrected chi connectivity index (χ2v) is 5.00. The van der Waals surface area contributed by atoms with Crippen LogP contribution >= 0.6 is 0 Å². The van der Waals surface area contributed by atoms with Crippen molar-refractivity contribution in [3.8, 4) is 11.5 Å². The molecule has 0 radical (unpaired) electrons. The van der Waals surface area contributed by atoms with Gasteiger partial charge in [-0.05, 0) is 24.6 Å². The van der Waals surface area contributed by atoms with Crippen molar-refractivity contribution in [3.05, 3.63) is 59.2 Å². The van der Waals surface area contributed by atoms with E-state index >= 15 is 0 Å². The molecule has 0 aromatic heterocycles. The van der Waals surface area contributed by atoms with E-state index in [-0.39, 0.29) is 0 Å². The van der Waals surface area contributed by atoms with Crippen molar-refractivity contribution in [1.82, 2.24) is 0 Å². The molecule has 0 aliphatic carbocycles. The van der Waals surface area contributed by atoms with Crippen LogP contribution in [0.5, 0.6) is 11.5 Å². The van der Waals surface area contributed by atoms with E-state index in [1.165, 1.54) is 5.56 Å². The van der Waals surface area contributed by atoms with Crippen molar-refractivity contribution in [2.45, 2.75) is 13.5 Å². The van der Waals surface area contributed by atoms with Gasteiger partial charge in [-0.15, -0.1) is 0 Å². The number of hydrogen-bond acceptors (Lipinski definition) is 2. The van der Waals surface area contributed by atoms with E-state index in [9.17, 15) is 0 Å². The quantitative estimate of drug-likeness (QED) is 0.798. The Hall–Kier alpha value is -2.29. The van der Waals surface area contributed by atoms with Gasteiger partial charge >= 0.3 is 0 Å². The molecular formula is C17H18NO2+. The van der Waals surface area contributed by atoms with E-state index in [0.717, 1.165) is 29.2 Å². The molecule has 3 heteroatoms. The standard InChI is InChI=1S/C17H18NO2/c1-13-8-16(19-2)9-15-11-18(12-20-17(13)15)10-14-6-4-3-5-7-14/h3-9,11H,10,12H2,1-2H3/q+1. The summed E-state index contributed by atoms with van der Waals surface area (Å²) in [5.74, 6) is 1.82. The highest BCUT2D eigenvalue weighted by molar-refractivity contribution is 5.82. The van der Waals surface area contributed by atoms with Gasteiger partial charge in [-0.25, -0.2) is 0 Å². The van der Waals surface area contributed by atoms with Gasteiger partial charge in [0.2, 0.25) is 0 Å². The summed E-state index contributed by atoms with van der Waals surface area (Å²) in [5.41, 5.74) is 3.45. The second-order valence-electron chi connectivity index (χ2n) is 5.00. The first-order valence-corrected chi connectivity index (χ1v) is 6.70. The lowest BCUT2D eigenvalue weighted by molar-refractivity contribution is -0.571. The van der Waals surface area contributed by atoms with E-state index in [1.54, 1.807) is 7.11 Å². The van der Waals surface area contributed by atoms with Crippen LogP contribution in [-0.2, 0) is 6.54 Å². The second kappa shape index (κ2) is 5.37. The molecule has 0 spiro atoms. The van der Waals surface area contributed by atoms with Gasteiger partial charge in [-0.1, -0.05) is 30.3 Å². The number of hydrogen-bond donors (Lipinski definition) is 0. The Labute approximate surface area is 119 Å². The number of benzene rings is 2. The van der Waals surface area contributed by atoms with E-state index in [4.69, 9.17) is 9.47 Å². The lowest BCUT2D eigenvalue weighted by Crippen LogP contribution is -2.24. The minimum atomic E-state index is 0.578. The van der Waals surface area contributed by atoms with Crippen LogP contribution in [0, 0.1) is 6.92 Å². The number of nitrogens with zero attached hydrogens (tertiary/aromatic N) is 1. The first-order chi connectivity index (χ1) is 9.76. The number of ether oxygens (including phenoxy) is 2. The maximum absolute atomic E-state index is 5.88. The molecule has 0 atom stereocenters. The molecule has 2 aromatic rings. The minimum absolute atomic E-state index is 0.578. The van der Waals surface area contributed by atoms with Crippen molar-refractivity contribution in [2.24, 2.45) is 0 Å². The van der Waals surface area contributed by atoms with Crippen LogP contribution in [0.1, 0.15) is 16.7 Å². The minimum Gasteiger partial charge on any atom is -0.497 e. The summed E-state index contributed by atoms with van der Waals surface area (Å²) >= 11 is 0. The third-order valence-electron chi connectivity index (χ3n) is 3.44. The van der Waals surface area contributed by atoms with Crippen LogP contribution < -0.4 is 9.47 Å². The Morgan fingerprint density at radius 2 is 2.00 bits per heavy atom. The summed E-state index contributed by atoms with van der Waals surface area (Å²) < 4.78 is 13.4. The Morgan fingerprint density at radius 1 is 1.20 bits per heavy atom. The molecule has 0 bridgehead atoms. The molecule has 3 rings (SSSR count). The normalized spacial score (nSPS) is 13.2. The maximum atomic E-state index is 5.88. The van der Waals surface area contributed by atoms with Crippen LogP contribution in [0.3, 0.4) is 0 Å². The van der Waals surface area contributed by atoms with Gasteiger partial charge in [0, 0.05) is 5.56 Å². The SMILES string of the molecule is COc1cc(C)c2c(c1)C=[N+](Cc1ccccc1)CO2. The lowest BCUT2D eigenvalue weighted by atomic mass is 10.1. The number of fused-ring (bicyclic) bond motifs is 1. The lowest BCUT2D eigenvalue weighted by Gasteiger charge is -2.17. The van der Waals surface area contributed by atoms with Crippen LogP contribution in [0.2, 0.25) is 0 Å². The predicted molar refractivity (Wildman–Crippen MR) is 78.8 cm³/mol. The Bertz CT molecular complexity index is 648. The first kappa shape index (κ1) is 12.7. The van der Waals surface area contributed by atoms with Crippen molar-refractivity contribution in [2.75, 3.05) is 13.8 Å². The van der Waals surface area contributed by atoms with E-state index in [2.05, 4.69) is 35.1 Å². The summed E-state index contributed by atoms with van der Waals surface area (Å²) in [6, 6.07) is 14.4. The zero-order valence-electron chi connectivity index (χ0n) is 11.8. The molecule has 0 saturated carbocycles. The van der Waals surface area contributed by atoms with Crippen molar-refractivity contribution >= 4 is 6.21 Å². The largest absolute Gasteiger partial charge is 0.497 e. The Balaban J connectivity index is 1.91. The van der Waals surface area contributed by atoms with Crippen molar-refractivity contribution in [1.29, 1.82) is 0 Å². The molecule has 20 heavy (non-hydrogen) atoms. The van der Waals surface area contributed by atoms with Crippen LogP contribution in [0.4, 0.5) is 0 Å². The Morgan fingerprint density at radius 3 is 2.75 bits per heavy atom. The smallest absolute Gasteiger partial charge is 0.287 e. The summed E-state index contributed by atoms with van der Waals surface area (Å²) in [6.45, 7) is 3.47. The average molecular weight is 268 g/mol. The molecule has 102 valence electrons. The van der Waals surface area contributed by atoms with E-state index in [0.29, 0.717) is 6.73 Å². The molecule has 0 unspecified atom stereocenters. The molecule has 0 saturated heterocycles. The zero-order valence-corrected chi connectivity index (χ0v) is 11.8. The number of rotatable bonds is 3. The van der Waals surface area contributed by atoms with E-state index in [1.807, 2.05) is 25.1 Å². The first-order valence-electron chi connectivity index (χ1n) is 6.70. The summed E-state index contributed by atoms with van der Waals surface area (Å²) in [7, 11) is 1.69. The van der Waals surface area contributed by atoms with Gasteiger partial charge < -0.3 is 9.47 Å². The molecule has 0 amide bonds. The summed E-state index contributed by atoms with van der Waals surface area (Å²) in [5, 5.41) is 0. The van der Waals surface area contributed by atoms with Crippen molar-refractivity contribution in [3.63, 3.8) is 0 Å². The predicted octanol–water partition coefficient (Wildman–Crippen LogP) is 2.99. The van der Waals surface area contributed by atoms with Crippen molar-refractivity contribution < 1.29 is 14.0 Å². The molecule has 1 heterocycles. The number of methoxy groups -OCH3 is 1. The molecule has 0 fully saturated rings. The highest BCUT2D eigenvalue weighted by atomic mass is 16.5. The zero-order chi connectivity index (χ0) is 13.9. The van der Waals surface area contributed by atoms with Gasteiger partial charge in [0.15, 0.2) is 12.8 Å². The topological polar surface area (TPSA) is 21.5 Å². The Kier molecular flexibility index (Phi) is 3.42. The van der Waals surface area contributed by atoms with Gasteiger partial charge in [-0.3, -0.25) is 0 Å². The molecule has 2 aromatic carbocycles. The van der Waals surface area contributed by atoms with Gasteiger partial charge in [0.05, 0.1) is 12.7 Å². The molecule has 3 nitrogen and oxygen atoms in total. The monoisotopic (exact) mass is 268 g/mol.